The molecule has 1 aromatic heterocycles. The van der Waals surface area contributed by atoms with Crippen molar-refractivity contribution in [1.29, 1.82) is 0 Å². The molecule has 0 aliphatic heterocycles. The van der Waals surface area contributed by atoms with Gasteiger partial charge in [-0.15, -0.1) is 0 Å². The van der Waals surface area contributed by atoms with Crippen LogP contribution in [0, 0.1) is 6.92 Å². The fourth-order valence-electron chi connectivity index (χ4n) is 2.02. The minimum Gasteiger partial charge on any atom is -0.451 e. The lowest BCUT2D eigenvalue weighted by atomic mass is 10.1. The molecule has 0 aliphatic rings. The van der Waals surface area contributed by atoms with E-state index in [0.717, 1.165) is 17.5 Å². The van der Waals surface area contributed by atoms with Gasteiger partial charge in [-0.3, -0.25) is 4.79 Å². The maximum Gasteiger partial charge on any atom is 0.287 e. The summed E-state index contributed by atoms with van der Waals surface area (Å²) < 4.78 is 10.6. The molecule has 1 amide bonds. The van der Waals surface area contributed by atoms with Crippen molar-refractivity contribution >= 4 is 11.6 Å². The van der Waals surface area contributed by atoms with Crippen LogP contribution < -0.4 is 11.1 Å². The van der Waals surface area contributed by atoms with Gasteiger partial charge in [0, 0.05) is 31.5 Å². The zero-order valence-electron chi connectivity index (χ0n) is 12.3. The Balaban J connectivity index is 2.07. The summed E-state index contributed by atoms with van der Waals surface area (Å²) in [5.41, 5.74) is 8.40. The number of nitrogens with one attached hydrogen (secondary N) is 1. The molecule has 5 heteroatoms. The molecular weight excluding hydrogens is 268 g/mol. The number of hydrogen-bond donors (Lipinski definition) is 2. The summed E-state index contributed by atoms with van der Waals surface area (Å²) in [6.07, 6.45) is 0.768. The Morgan fingerprint density at radius 1 is 1.33 bits per heavy atom. The van der Waals surface area contributed by atoms with Gasteiger partial charge < -0.3 is 20.2 Å². The number of ether oxygens (including phenoxy) is 1. The largest absolute Gasteiger partial charge is 0.451 e. The SMILES string of the molecule is COCCCNC(=O)c1ccc(-c2cc(N)ccc2C)o1. The lowest BCUT2D eigenvalue weighted by Gasteiger charge is -2.04. The van der Waals surface area contributed by atoms with Crippen LogP contribution >= 0.6 is 0 Å². The zero-order chi connectivity index (χ0) is 15.2. The highest BCUT2D eigenvalue weighted by molar-refractivity contribution is 5.92. The fourth-order valence-corrected chi connectivity index (χ4v) is 2.02. The molecule has 112 valence electrons. The predicted octanol–water partition coefficient (Wildman–Crippen LogP) is 2.60. The van der Waals surface area contributed by atoms with Gasteiger partial charge in [0.25, 0.3) is 5.91 Å². The van der Waals surface area contributed by atoms with Crippen LogP contribution in [-0.2, 0) is 4.74 Å². The predicted molar refractivity (Wildman–Crippen MR) is 82.1 cm³/mol. The minimum atomic E-state index is -0.223. The zero-order valence-corrected chi connectivity index (χ0v) is 12.3. The van der Waals surface area contributed by atoms with Crippen LogP contribution in [0.2, 0.25) is 0 Å². The number of nitrogens with two attached hydrogens (primary N) is 1. The van der Waals surface area contributed by atoms with E-state index in [9.17, 15) is 4.79 Å². The van der Waals surface area contributed by atoms with Crippen LogP contribution in [0.25, 0.3) is 11.3 Å². The molecule has 0 radical (unpaired) electrons. The smallest absolute Gasteiger partial charge is 0.287 e. The summed E-state index contributed by atoms with van der Waals surface area (Å²) in [7, 11) is 1.63. The van der Waals surface area contributed by atoms with E-state index in [2.05, 4.69) is 5.32 Å². The van der Waals surface area contributed by atoms with Crippen molar-refractivity contribution in [2.24, 2.45) is 0 Å². The van der Waals surface area contributed by atoms with Gasteiger partial charge in [-0.25, -0.2) is 0 Å². The molecule has 0 atom stereocenters. The maximum absolute atomic E-state index is 11.9. The topological polar surface area (TPSA) is 77.5 Å². The van der Waals surface area contributed by atoms with E-state index in [1.807, 2.05) is 25.1 Å². The normalized spacial score (nSPS) is 10.6. The number of nitrogen functional groups attached to an aromatic ring is 1. The second-order valence-electron chi connectivity index (χ2n) is 4.84. The molecule has 0 bridgehead atoms. The van der Waals surface area contributed by atoms with E-state index >= 15 is 0 Å². The minimum absolute atomic E-state index is 0.223. The highest BCUT2D eigenvalue weighted by atomic mass is 16.5. The van der Waals surface area contributed by atoms with Gasteiger partial charge in [-0.2, -0.15) is 0 Å². The van der Waals surface area contributed by atoms with Gasteiger partial charge in [0.15, 0.2) is 5.76 Å². The first-order valence-electron chi connectivity index (χ1n) is 6.85. The third-order valence-corrected chi connectivity index (χ3v) is 3.17. The van der Waals surface area contributed by atoms with E-state index in [1.54, 1.807) is 19.2 Å². The van der Waals surface area contributed by atoms with Crippen LogP contribution in [-0.4, -0.2) is 26.2 Å². The summed E-state index contributed by atoms with van der Waals surface area (Å²) in [5, 5.41) is 2.79. The molecule has 1 aromatic carbocycles. The molecule has 0 saturated carbocycles. The van der Waals surface area contributed by atoms with Crippen molar-refractivity contribution in [2.45, 2.75) is 13.3 Å². The number of hydrogen-bond acceptors (Lipinski definition) is 4. The Morgan fingerprint density at radius 3 is 2.90 bits per heavy atom. The summed E-state index contributed by atoms with van der Waals surface area (Å²) in [6.45, 7) is 3.15. The number of furan rings is 1. The van der Waals surface area contributed by atoms with Crippen LogP contribution in [0.3, 0.4) is 0 Å². The molecule has 2 rings (SSSR count). The Kier molecular flexibility index (Phi) is 5.00. The summed E-state index contributed by atoms with van der Waals surface area (Å²) in [6, 6.07) is 9.06. The monoisotopic (exact) mass is 288 g/mol. The Hall–Kier alpha value is -2.27. The average Bonchev–Trinajstić information content (AvgIpc) is 2.95. The van der Waals surface area contributed by atoms with Crippen LogP contribution in [0.5, 0.6) is 0 Å². The molecule has 1 heterocycles. The van der Waals surface area contributed by atoms with E-state index in [0.29, 0.717) is 30.4 Å². The summed E-state index contributed by atoms with van der Waals surface area (Å²) in [4.78, 5) is 11.9. The second-order valence-corrected chi connectivity index (χ2v) is 4.84. The van der Waals surface area contributed by atoms with Crippen molar-refractivity contribution < 1.29 is 13.9 Å². The number of carbonyl (C=O) groups excluding carboxylic acids is 1. The molecular formula is C16H20N2O3. The third kappa shape index (κ3) is 3.86. The second kappa shape index (κ2) is 6.95. The number of aryl methyl sites for hydroxylation is 1. The maximum atomic E-state index is 11.9. The van der Waals surface area contributed by atoms with Crippen LogP contribution in [0.4, 0.5) is 5.69 Å². The Bertz CT molecular complexity index is 620. The number of carbonyl (C=O) groups is 1. The number of anilines is 1. The first kappa shape index (κ1) is 15.1. The average molecular weight is 288 g/mol. The number of rotatable bonds is 6. The van der Waals surface area contributed by atoms with Crippen molar-refractivity contribution in [3.63, 3.8) is 0 Å². The van der Waals surface area contributed by atoms with Crippen LogP contribution in [0.1, 0.15) is 22.5 Å². The van der Waals surface area contributed by atoms with Gasteiger partial charge in [0.1, 0.15) is 5.76 Å². The van der Waals surface area contributed by atoms with E-state index in [1.165, 1.54) is 0 Å². The van der Waals surface area contributed by atoms with Gasteiger partial charge in [-0.05, 0) is 43.2 Å². The molecule has 5 nitrogen and oxygen atoms in total. The molecule has 21 heavy (non-hydrogen) atoms. The standard InChI is InChI=1S/C16H20N2O3/c1-11-4-5-12(17)10-13(11)14-6-7-15(21-14)16(19)18-8-3-9-20-2/h4-7,10H,3,8-9,17H2,1-2H3,(H,18,19). The number of amides is 1. The fraction of sp³-hybridized carbons (Fsp3) is 0.312. The molecule has 2 aromatic rings. The highest BCUT2D eigenvalue weighted by Gasteiger charge is 2.13. The first-order valence-corrected chi connectivity index (χ1v) is 6.85. The Labute approximate surface area is 124 Å². The highest BCUT2D eigenvalue weighted by Crippen LogP contribution is 2.27. The molecule has 0 spiro atoms. The number of methoxy groups -OCH3 is 1. The lowest BCUT2D eigenvalue weighted by molar-refractivity contribution is 0.0922. The van der Waals surface area contributed by atoms with Gasteiger partial charge >= 0.3 is 0 Å². The van der Waals surface area contributed by atoms with E-state index in [4.69, 9.17) is 14.9 Å². The van der Waals surface area contributed by atoms with Crippen molar-refractivity contribution in [2.75, 3.05) is 26.0 Å². The summed E-state index contributed by atoms with van der Waals surface area (Å²) >= 11 is 0. The van der Waals surface area contributed by atoms with E-state index in [-0.39, 0.29) is 5.91 Å². The first-order chi connectivity index (χ1) is 10.1. The lowest BCUT2D eigenvalue weighted by Crippen LogP contribution is -2.24. The molecule has 0 fully saturated rings. The van der Waals surface area contributed by atoms with Crippen molar-refractivity contribution in [1.82, 2.24) is 5.32 Å². The van der Waals surface area contributed by atoms with E-state index < -0.39 is 0 Å². The summed E-state index contributed by atoms with van der Waals surface area (Å²) in [5.74, 6) is 0.713. The number of benzene rings is 1. The van der Waals surface area contributed by atoms with Gasteiger partial charge in [0.2, 0.25) is 0 Å². The quantitative estimate of drug-likeness (QED) is 0.632. The Morgan fingerprint density at radius 2 is 2.14 bits per heavy atom. The van der Waals surface area contributed by atoms with Crippen molar-refractivity contribution in [3.05, 3.63) is 41.7 Å². The molecule has 0 aliphatic carbocycles. The van der Waals surface area contributed by atoms with Gasteiger partial charge in [-0.1, -0.05) is 6.07 Å². The molecule has 0 saturated heterocycles. The third-order valence-electron chi connectivity index (χ3n) is 3.17. The van der Waals surface area contributed by atoms with Crippen molar-refractivity contribution in [3.8, 4) is 11.3 Å². The van der Waals surface area contributed by atoms with Gasteiger partial charge in [0.05, 0.1) is 0 Å². The van der Waals surface area contributed by atoms with Crippen LogP contribution in [0.15, 0.2) is 34.7 Å². The molecule has 0 unspecified atom stereocenters. The molecule has 3 N–H and O–H groups in total.